The zero-order chi connectivity index (χ0) is 11.7. The molecule has 0 N–H and O–H groups in total. The topological polar surface area (TPSA) is 3.24 Å². The molecule has 0 aliphatic heterocycles. The number of nitrogens with zero attached hydrogens (tertiary/aromatic N) is 1. The van der Waals surface area contributed by atoms with Gasteiger partial charge in [0.15, 0.2) is 0 Å². The van der Waals surface area contributed by atoms with Crippen molar-refractivity contribution in [1.82, 2.24) is 0 Å². The van der Waals surface area contributed by atoms with Crippen LogP contribution in [0, 0.1) is 5.92 Å². The van der Waals surface area contributed by atoms with E-state index in [1.807, 2.05) is 0 Å². The predicted octanol–water partition coefficient (Wildman–Crippen LogP) is 3.58. The molecule has 16 heavy (non-hydrogen) atoms. The third-order valence-corrected chi connectivity index (χ3v) is 3.08. The number of anilines is 1. The summed E-state index contributed by atoms with van der Waals surface area (Å²) in [6.07, 6.45) is 4.50. The molecule has 0 amide bonds. The van der Waals surface area contributed by atoms with Crippen LogP contribution in [-0.2, 0) is 0 Å². The summed E-state index contributed by atoms with van der Waals surface area (Å²) in [5.41, 5.74) is 5.27. The molecule has 0 unspecified atom stereocenters. The van der Waals surface area contributed by atoms with Crippen molar-refractivity contribution >= 4 is 5.69 Å². The Hall–Kier alpha value is -1.50. The van der Waals surface area contributed by atoms with E-state index in [4.69, 9.17) is 0 Å². The van der Waals surface area contributed by atoms with Crippen molar-refractivity contribution in [2.24, 2.45) is 0 Å². The van der Waals surface area contributed by atoms with Crippen LogP contribution in [0.5, 0.6) is 0 Å². The molecule has 1 aliphatic rings. The highest BCUT2D eigenvalue weighted by Crippen LogP contribution is 2.30. The molecular weight excluding hydrogens is 194 g/mol. The van der Waals surface area contributed by atoms with Crippen molar-refractivity contribution in [2.45, 2.75) is 13.8 Å². The molecule has 1 aromatic carbocycles. The van der Waals surface area contributed by atoms with Crippen molar-refractivity contribution in [3.8, 4) is 0 Å². The molecule has 0 heterocycles. The van der Waals surface area contributed by atoms with E-state index in [2.05, 4.69) is 69.3 Å². The van der Waals surface area contributed by atoms with Gasteiger partial charge in [-0.1, -0.05) is 35.4 Å². The second-order valence-electron chi connectivity index (χ2n) is 4.55. The first-order valence-corrected chi connectivity index (χ1v) is 5.59. The van der Waals surface area contributed by atoms with Crippen LogP contribution in [0.25, 0.3) is 0 Å². The van der Waals surface area contributed by atoms with E-state index in [1.54, 1.807) is 0 Å². The summed E-state index contributed by atoms with van der Waals surface area (Å²) < 4.78 is 0. The van der Waals surface area contributed by atoms with Gasteiger partial charge in [-0.25, -0.2) is 0 Å². The molecule has 0 saturated heterocycles. The van der Waals surface area contributed by atoms with Crippen LogP contribution in [0.4, 0.5) is 5.69 Å². The fourth-order valence-corrected chi connectivity index (χ4v) is 1.85. The van der Waals surface area contributed by atoms with Crippen molar-refractivity contribution in [1.29, 1.82) is 0 Å². The van der Waals surface area contributed by atoms with E-state index in [9.17, 15) is 0 Å². The molecule has 0 spiro atoms. The van der Waals surface area contributed by atoms with Crippen molar-refractivity contribution < 1.29 is 0 Å². The summed E-state index contributed by atoms with van der Waals surface area (Å²) in [7, 11) is 4.12. The maximum absolute atomic E-state index is 2.25. The van der Waals surface area contributed by atoms with E-state index in [-0.39, 0.29) is 0 Å². The van der Waals surface area contributed by atoms with Gasteiger partial charge in [0.25, 0.3) is 0 Å². The summed E-state index contributed by atoms with van der Waals surface area (Å²) in [4.78, 5) is 2.12. The first-order chi connectivity index (χ1) is 7.58. The fourth-order valence-electron chi connectivity index (χ4n) is 1.85. The smallest absolute Gasteiger partial charge is 0.0490 e. The summed E-state index contributed by atoms with van der Waals surface area (Å²) >= 11 is 0. The van der Waals surface area contributed by atoms with E-state index < -0.39 is 0 Å². The molecule has 83 valence electrons. The molecular formula is C15H18N. The molecule has 1 radical (unpaired) electrons. The number of hydrogen-bond donors (Lipinski definition) is 0. The summed E-state index contributed by atoms with van der Waals surface area (Å²) in [5, 5.41) is 0. The van der Waals surface area contributed by atoms with Gasteiger partial charge in [-0.05, 0) is 31.5 Å². The second-order valence-corrected chi connectivity index (χ2v) is 4.55. The summed E-state index contributed by atoms with van der Waals surface area (Å²) in [6.45, 7) is 4.32. The Morgan fingerprint density at radius 2 is 1.31 bits per heavy atom. The minimum Gasteiger partial charge on any atom is -0.378 e. The Kier molecular flexibility index (Phi) is 2.86. The van der Waals surface area contributed by atoms with Crippen LogP contribution in [0.15, 0.2) is 47.6 Å². The summed E-state index contributed by atoms with van der Waals surface area (Å²) in [6, 6.07) is 8.69. The van der Waals surface area contributed by atoms with Gasteiger partial charge >= 0.3 is 0 Å². The maximum Gasteiger partial charge on any atom is 0.0490 e. The lowest BCUT2D eigenvalue weighted by Crippen LogP contribution is -2.08. The Morgan fingerprint density at radius 3 is 1.75 bits per heavy atom. The van der Waals surface area contributed by atoms with Crippen LogP contribution in [0.1, 0.15) is 19.4 Å². The molecule has 0 atom stereocenters. The van der Waals surface area contributed by atoms with Gasteiger partial charge < -0.3 is 4.90 Å². The maximum atomic E-state index is 2.25. The van der Waals surface area contributed by atoms with Gasteiger partial charge in [0.05, 0.1) is 0 Å². The minimum absolute atomic E-state index is 1.24. The normalized spacial score (nSPS) is 16.0. The highest BCUT2D eigenvalue weighted by molar-refractivity contribution is 5.58. The van der Waals surface area contributed by atoms with Crippen molar-refractivity contribution in [2.75, 3.05) is 19.0 Å². The first kappa shape index (κ1) is 11.0. The molecule has 0 aromatic heterocycles. The molecule has 1 aliphatic carbocycles. The first-order valence-electron chi connectivity index (χ1n) is 5.59. The van der Waals surface area contributed by atoms with Gasteiger partial charge in [-0.15, -0.1) is 0 Å². The predicted molar refractivity (Wildman–Crippen MR) is 70.6 cm³/mol. The van der Waals surface area contributed by atoms with Crippen LogP contribution in [0.2, 0.25) is 0 Å². The number of rotatable bonds is 2. The number of benzene rings is 1. The Balaban J connectivity index is 2.24. The van der Waals surface area contributed by atoms with Gasteiger partial charge in [0.2, 0.25) is 0 Å². The van der Waals surface area contributed by atoms with Crippen LogP contribution >= 0.6 is 0 Å². The molecule has 1 heteroatoms. The third kappa shape index (κ3) is 2.04. The molecule has 0 bridgehead atoms. The lowest BCUT2D eigenvalue weighted by atomic mass is 10.0. The average Bonchev–Trinajstić information content (AvgIpc) is 2.59. The second kappa shape index (κ2) is 4.17. The average molecular weight is 212 g/mol. The quantitative estimate of drug-likeness (QED) is 0.724. The highest BCUT2D eigenvalue weighted by Gasteiger charge is 2.14. The fraction of sp³-hybridized carbons (Fsp3) is 0.267. The van der Waals surface area contributed by atoms with E-state index in [1.165, 1.54) is 28.3 Å². The Morgan fingerprint density at radius 1 is 0.812 bits per heavy atom. The van der Waals surface area contributed by atoms with Crippen LogP contribution < -0.4 is 4.90 Å². The molecule has 2 rings (SSSR count). The van der Waals surface area contributed by atoms with Gasteiger partial charge in [-0.2, -0.15) is 0 Å². The SMILES string of the molecule is CC1=C[C](c2ccc(N(C)C)cc2)C=C1C. The standard InChI is InChI=1S/C15H18N/c1-11-9-14(10-12(11)2)13-5-7-15(8-6-13)16(3)4/h5-10H,1-4H3. The zero-order valence-corrected chi connectivity index (χ0v) is 10.4. The lowest BCUT2D eigenvalue weighted by Gasteiger charge is -2.13. The van der Waals surface area contributed by atoms with Gasteiger partial charge in [0.1, 0.15) is 0 Å². The molecule has 1 aromatic rings. The number of allylic oxidation sites excluding steroid dienone is 4. The summed E-state index contributed by atoms with van der Waals surface area (Å²) in [5.74, 6) is 1.32. The van der Waals surface area contributed by atoms with Crippen LogP contribution in [-0.4, -0.2) is 14.1 Å². The monoisotopic (exact) mass is 212 g/mol. The molecule has 0 saturated carbocycles. The van der Waals surface area contributed by atoms with E-state index >= 15 is 0 Å². The van der Waals surface area contributed by atoms with Gasteiger partial charge in [0, 0.05) is 25.7 Å². The highest BCUT2D eigenvalue weighted by atomic mass is 15.1. The third-order valence-electron chi connectivity index (χ3n) is 3.08. The van der Waals surface area contributed by atoms with E-state index in [0.29, 0.717) is 0 Å². The van der Waals surface area contributed by atoms with Crippen molar-refractivity contribution in [3.05, 3.63) is 59.0 Å². The molecule has 0 fully saturated rings. The van der Waals surface area contributed by atoms with Crippen molar-refractivity contribution in [3.63, 3.8) is 0 Å². The number of hydrogen-bond acceptors (Lipinski definition) is 1. The zero-order valence-electron chi connectivity index (χ0n) is 10.4. The van der Waals surface area contributed by atoms with Gasteiger partial charge in [-0.3, -0.25) is 0 Å². The Bertz CT molecular complexity index is 417. The lowest BCUT2D eigenvalue weighted by molar-refractivity contribution is 1.13. The minimum atomic E-state index is 1.24. The van der Waals surface area contributed by atoms with E-state index in [0.717, 1.165) is 0 Å². The Labute approximate surface area is 98.1 Å². The molecule has 1 nitrogen and oxygen atoms in total. The largest absolute Gasteiger partial charge is 0.378 e. The van der Waals surface area contributed by atoms with Crippen LogP contribution in [0.3, 0.4) is 0 Å².